The second-order valence-electron chi connectivity index (χ2n) is 3.75. The van der Waals surface area contributed by atoms with Crippen LogP contribution in [0, 0.1) is 3.57 Å². The van der Waals surface area contributed by atoms with Crippen LogP contribution in [0.3, 0.4) is 0 Å². The number of halogens is 10. The van der Waals surface area contributed by atoms with Gasteiger partial charge < -0.3 is 0 Å². The van der Waals surface area contributed by atoms with Gasteiger partial charge in [0.1, 0.15) is 0 Å². The van der Waals surface area contributed by atoms with Crippen LogP contribution in [0.5, 0.6) is 0 Å². The molecule has 0 aliphatic heterocycles. The summed E-state index contributed by atoms with van der Waals surface area (Å²) in [5.74, 6) is 0. The van der Waals surface area contributed by atoms with E-state index < -0.39 is 29.5 Å². The van der Waals surface area contributed by atoms with Crippen molar-refractivity contribution in [3.05, 3.63) is 33.4 Å². The monoisotopic (exact) mass is 422 g/mol. The smallest absolute Gasteiger partial charge is 0.169 e. The van der Waals surface area contributed by atoms with Crippen molar-refractivity contribution in [3.63, 3.8) is 0 Å². The highest BCUT2D eigenvalue weighted by atomic mass is 127. The summed E-state index contributed by atoms with van der Waals surface area (Å²) in [6, 6.07) is 1.84. The molecule has 0 unspecified atom stereocenters. The first-order chi connectivity index (χ1) is 8.75. The van der Waals surface area contributed by atoms with Crippen molar-refractivity contribution in [3.8, 4) is 0 Å². The summed E-state index contributed by atoms with van der Waals surface area (Å²) < 4.78 is 115. The van der Waals surface area contributed by atoms with Crippen molar-refractivity contribution >= 4 is 22.6 Å². The summed E-state index contributed by atoms with van der Waals surface area (Å²) in [6.07, 6.45) is -19.7. The second-order valence-corrected chi connectivity index (χ2v) is 5.00. The Labute approximate surface area is 120 Å². The number of hydrogen-bond acceptors (Lipinski definition) is 0. The van der Waals surface area contributed by atoms with E-state index in [9.17, 15) is 39.5 Å². The fourth-order valence-electron chi connectivity index (χ4n) is 1.67. The zero-order valence-corrected chi connectivity index (χ0v) is 11.2. The van der Waals surface area contributed by atoms with Crippen LogP contribution < -0.4 is 0 Å². The Morgan fingerprint density at radius 1 is 0.600 bits per heavy atom. The van der Waals surface area contributed by atoms with Crippen molar-refractivity contribution in [1.29, 1.82) is 0 Å². The molecule has 0 aromatic heterocycles. The Morgan fingerprint density at radius 2 is 0.900 bits per heavy atom. The maximum absolute atomic E-state index is 12.7. The third kappa shape index (κ3) is 2.58. The summed E-state index contributed by atoms with van der Waals surface area (Å²) in [5, 5.41) is 0. The van der Waals surface area contributed by atoms with Crippen LogP contribution in [0.25, 0.3) is 0 Å². The van der Waals surface area contributed by atoms with E-state index in [1.807, 2.05) is 0 Å². The van der Waals surface area contributed by atoms with E-state index in [-0.39, 0.29) is 15.7 Å². The van der Waals surface area contributed by atoms with Crippen LogP contribution in [-0.2, 0) is 5.41 Å². The molecule has 0 bridgehead atoms. The Bertz CT molecular complexity index is 429. The van der Waals surface area contributed by atoms with Gasteiger partial charge in [0.25, 0.3) is 5.41 Å². The van der Waals surface area contributed by atoms with Crippen LogP contribution in [0.15, 0.2) is 24.3 Å². The molecule has 0 fully saturated rings. The van der Waals surface area contributed by atoms with E-state index in [0.717, 1.165) is 12.1 Å². The van der Waals surface area contributed by atoms with Crippen LogP contribution >= 0.6 is 22.6 Å². The molecular formula is C10H4F9I. The predicted octanol–water partition coefficient (Wildman–Crippen LogP) is 5.22. The van der Waals surface area contributed by atoms with Crippen molar-refractivity contribution < 1.29 is 39.5 Å². The third-order valence-electron chi connectivity index (χ3n) is 2.55. The van der Waals surface area contributed by atoms with Crippen molar-refractivity contribution in [2.75, 3.05) is 0 Å². The minimum absolute atomic E-state index is 0.177. The quantitative estimate of drug-likeness (QED) is 0.431. The second kappa shape index (κ2) is 4.95. The summed E-state index contributed by atoms with van der Waals surface area (Å²) in [5.41, 5.74) is -7.82. The zero-order valence-electron chi connectivity index (χ0n) is 9.09. The molecule has 0 nitrogen and oxygen atoms in total. The van der Waals surface area contributed by atoms with Crippen molar-refractivity contribution in [2.45, 2.75) is 23.9 Å². The number of alkyl halides is 9. The molecule has 0 N–H and O–H groups in total. The normalized spacial score (nSPS) is 14.5. The molecule has 1 aromatic carbocycles. The van der Waals surface area contributed by atoms with Gasteiger partial charge >= 0.3 is 18.5 Å². The molecule has 0 atom stereocenters. The summed E-state index contributed by atoms with van der Waals surface area (Å²) in [7, 11) is 0. The Kier molecular flexibility index (Phi) is 4.30. The molecule has 1 aromatic rings. The van der Waals surface area contributed by atoms with E-state index in [1.54, 1.807) is 22.6 Å². The van der Waals surface area contributed by atoms with E-state index in [0.29, 0.717) is 0 Å². The van der Waals surface area contributed by atoms with Crippen molar-refractivity contribution in [2.24, 2.45) is 0 Å². The zero-order chi connectivity index (χ0) is 16.0. The molecule has 20 heavy (non-hydrogen) atoms. The lowest BCUT2D eigenvalue weighted by Gasteiger charge is -2.38. The SMILES string of the molecule is FC(F)(F)C(c1ccc(I)cc1)(C(F)(F)F)C(F)(F)F. The summed E-state index contributed by atoms with van der Waals surface area (Å²) >= 11 is 1.54. The van der Waals surface area contributed by atoms with Crippen LogP contribution in [0.4, 0.5) is 39.5 Å². The molecule has 0 aliphatic carbocycles. The first-order valence-electron chi connectivity index (χ1n) is 4.71. The molecule has 10 heteroatoms. The Balaban J connectivity index is 3.77. The summed E-state index contributed by atoms with van der Waals surface area (Å²) in [4.78, 5) is 0. The first-order valence-corrected chi connectivity index (χ1v) is 5.79. The van der Waals surface area contributed by atoms with E-state index in [1.165, 1.54) is 0 Å². The predicted molar refractivity (Wildman–Crippen MR) is 59.0 cm³/mol. The lowest BCUT2D eigenvalue weighted by atomic mass is 9.78. The van der Waals surface area contributed by atoms with Gasteiger partial charge in [-0.15, -0.1) is 0 Å². The molecule has 114 valence electrons. The highest BCUT2D eigenvalue weighted by Gasteiger charge is 2.84. The van der Waals surface area contributed by atoms with Gasteiger partial charge in [0.15, 0.2) is 0 Å². The number of rotatable bonds is 1. The van der Waals surface area contributed by atoms with Crippen LogP contribution in [0.1, 0.15) is 5.56 Å². The standard InChI is InChI=1S/C10H4F9I/c11-8(12,13)7(9(14,15)16,10(17,18)19)5-1-3-6(20)4-2-5/h1-4H. The van der Waals surface area contributed by atoms with Gasteiger partial charge in [-0.1, -0.05) is 12.1 Å². The van der Waals surface area contributed by atoms with E-state index in [4.69, 9.17) is 0 Å². The van der Waals surface area contributed by atoms with Gasteiger partial charge in [-0.05, 0) is 40.3 Å². The Morgan fingerprint density at radius 3 is 1.15 bits per heavy atom. The van der Waals surface area contributed by atoms with Gasteiger partial charge in [-0.25, -0.2) is 0 Å². The van der Waals surface area contributed by atoms with Gasteiger partial charge in [0, 0.05) is 3.57 Å². The lowest BCUT2D eigenvalue weighted by molar-refractivity contribution is -0.387. The van der Waals surface area contributed by atoms with Gasteiger partial charge in [0.05, 0.1) is 0 Å². The highest BCUT2D eigenvalue weighted by molar-refractivity contribution is 14.1. The molecular weight excluding hydrogens is 418 g/mol. The number of benzene rings is 1. The minimum atomic E-state index is -6.57. The van der Waals surface area contributed by atoms with Gasteiger partial charge in [-0.2, -0.15) is 39.5 Å². The third-order valence-corrected chi connectivity index (χ3v) is 3.27. The average molecular weight is 422 g/mol. The molecule has 0 aliphatic rings. The minimum Gasteiger partial charge on any atom is -0.169 e. The van der Waals surface area contributed by atoms with E-state index >= 15 is 0 Å². The molecule has 0 amide bonds. The topological polar surface area (TPSA) is 0 Å². The fraction of sp³-hybridized carbons (Fsp3) is 0.400. The average Bonchev–Trinajstić information content (AvgIpc) is 2.14. The maximum atomic E-state index is 12.7. The lowest BCUT2D eigenvalue weighted by Crippen LogP contribution is -2.63. The summed E-state index contributed by atoms with van der Waals surface area (Å²) in [6.45, 7) is 0. The number of hydrogen-bond donors (Lipinski definition) is 0. The van der Waals surface area contributed by atoms with Gasteiger partial charge in [-0.3, -0.25) is 0 Å². The Hall–Kier alpha value is -0.680. The van der Waals surface area contributed by atoms with Gasteiger partial charge in [0.2, 0.25) is 0 Å². The molecule has 0 saturated carbocycles. The maximum Gasteiger partial charge on any atom is 0.416 e. The molecule has 0 radical (unpaired) electrons. The molecule has 1 rings (SSSR count). The van der Waals surface area contributed by atoms with Crippen molar-refractivity contribution in [1.82, 2.24) is 0 Å². The molecule has 0 spiro atoms. The highest BCUT2D eigenvalue weighted by Crippen LogP contribution is 2.60. The molecule has 0 saturated heterocycles. The molecule has 0 heterocycles. The van der Waals surface area contributed by atoms with Crippen LogP contribution in [0.2, 0.25) is 0 Å². The van der Waals surface area contributed by atoms with Crippen LogP contribution in [-0.4, -0.2) is 18.5 Å². The largest absolute Gasteiger partial charge is 0.416 e. The van der Waals surface area contributed by atoms with E-state index in [2.05, 4.69) is 0 Å². The first kappa shape index (κ1) is 17.4. The fourth-order valence-corrected chi connectivity index (χ4v) is 2.03.